The fourth-order valence-corrected chi connectivity index (χ4v) is 1.55. The van der Waals surface area contributed by atoms with Crippen LogP contribution >= 0.6 is 0 Å². The summed E-state index contributed by atoms with van der Waals surface area (Å²) in [5.41, 5.74) is 0. The first kappa shape index (κ1) is 7.54. The van der Waals surface area contributed by atoms with Crippen molar-refractivity contribution in [2.75, 3.05) is 26.7 Å². The van der Waals surface area contributed by atoms with Gasteiger partial charge in [0.2, 0.25) is 0 Å². The smallest absolute Gasteiger partial charge is 0.375 e. The Bertz CT molecular complexity index is 241. The predicted molar refractivity (Wildman–Crippen MR) is 39.5 cm³/mol. The van der Waals surface area contributed by atoms with Gasteiger partial charge in [-0.15, -0.1) is 0 Å². The van der Waals surface area contributed by atoms with Crippen LogP contribution in [0.3, 0.4) is 0 Å². The molecule has 2 aliphatic heterocycles. The fraction of sp³-hybridized carbons (Fsp3) is 0.714. The molecule has 2 saturated heterocycles. The van der Waals surface area contributed by atoms with Crippen LogP contribution in [0, 0.1) is 0 Å². The Morgan fingerprint density at radius 1 is 1.42 bits per heavy atom. The lowest BCUT2D eigenvalue weighted by Gasteiger charge is -2.31. The van der Waals surface area contributed by atoms with Gasteiger partial charge in [-0.2, -0.15) is 0 Å². The number of carbonyl (C=O) groups excluding carboxylic acids is 2. The highest BCUT2D eigenvalue weighted by Gasteiger charge is 2.43. The Morgan fingerprint density at radius 3 is 2.92 bits per heavy atom. The van der Waals surface area contributed by atoms with Crippen LogP contribution in [0.5, 0.6) is 0 Å². The van der Waals surface area contributed by atoms with Gasteiger partial charge in [-0.1, -0.05) is 0 Å². The summed E-state index contributed by atoms with van der Waals surface area (Å²) < 4.78 is 4.48. The highest BCUT2D eigenvalue weighted by molar-refractivity contribution is 5.95. The Labute approximate surface area is 69.9 Å². The van der Waals surface area contributed by atoms with E-state index in [2.05, 4.69) is 4.74 Å². The summed E-state index contributed by atoms with van der Waals surface area (Å²) in [4.78, 5) is 25.5. The maximum absolute atomic E-state index is 11.1. The minimum absolute atomic E-state index is 0.365. The average Bonchev–Trinajstić information content (AvgIpc) is 2.28. The van der Waals surface area contributed by atoms with E-state index in [1.54, 1.807) is 0 Å². The van der Waals surface area contributed by atoms with Crippen LogP contribution in [0.25, 0.3) is 0 Å². The minimum atomic E-state index is -0.488. The first-order chi connectivity index (χ1) is 5.68. The second kappa shape index (κ2) is 2.45. The molecule has 0 saturated carbocycles. The van der Waals surface area contributed by atoms with Crippen LogP contribution < -0.4 is 0 Å². The topological polar surface area (TPSA) is 49.9 Å². The normalized spacial score (nSPS) is 30.4. The van der Waals surface area contributed by atoms with Crippen molar-refractivity contribution in [1.82, 2.24) is 9.80 Å². The van der Waals surface area contributed by atoms with Crippen molar-refractivity contribution in [3.05, 3.63) is 0 Å². The van der Waals surface area contributed by atoms with E-state index in [0.717, 1.165) is 6.54 Å². The lowest BCUT2D eigenvalue weighted by molar-refractivity contribution is -0.136. The number of hydrogen-bond acceptors (Lipinski definition) is 4. The summed E-state index contributed by atoms with van der Waals surface area (Å²) in [5, 5.41) is 0. The molecule has 2 aliphatic rings. The molecule has 5 nitrogen and oxygen atoms in total. The highest BCUT2D eigenvalue weighted by Crippen LogP contribution is 2.17. The molecule has 0 aromatic carbocycles. The lowest BCUT2D eigenvalue weighted by Crippen LogP contribution is -2.51. The highest BCUT2D eigenvalue weighted by atomic mass is 16.6. The van der Waals surface area contributed by atoms with Crippen LogP contribution in [0.1, 0.15) is 0 Å². The van der Waals surface area contributed by atoms with E-state index in [1.807, 2.05) is 11.9 Å². The number of nitrogens with zero attached hydrogens (tertiary/aromatic N) is 2. The monoisotopic (exact) mass is 170 g/mol. The quantitative estimate of drug-likeness (QED) is 0.355. The third-order valence-corrected chi connectivity index (χ3v) is 2.28. The number of carbonyl (C=O) groups is 2. The molecule has 5 heteroatoms. The molecule has 1 atom stereocenters. The van der Waals surface area contributed by atoms with Crippen LogP contribution in [0.2, 0.25) is 0 Å². The Morgan fingerprint density at radius 2 is 2.17 bits per heavy atom. The van der Waals surface area contributed by atoms with Gasteiger partial charge in [-0.05, 0) is 7.05 Å². The van der Waals surface area contributed by atoms with E-state index < -0.39 is 12.1 Å². The second-order valence-electron chi connectivity index (χ2n) is 3.16. The molecular formula is C7H10N2O3. The van der Waals surface area contributed by atoms with Crippen molar-refractivity contribution in [2.45, 2.75) is 6.04 Å². The first-order valence-corrected chi connectivity index (χ1v) is 3.89. The molecule has 0 bridgehead atoms. The molecule has 0 aliphatic carbocycles. The van der Waals surface area contributed by atoms with E-state index in [0.29, 0.717) is 13.1 Å². The minimum Gasteiger partial charge on any atom is -0.375 e. The third kappa shape index (κ3) is 0.972. The molecule has 12 heavy (non-hydrogen) atoms. The molecule has 0 aromatic heterocycles. The van der Waals surface area contributed by atoms with Gasteiger partial charge in [-0.25, -0.2) is 9.59 Å². The SMILES string of the molecule is CN1CCN2C(=O)OC(=O)C2C1. The van der Waals surface area contributed by atoms with Gasteiger partial charge in [0.15, 0.2) is 0 Å². The number of esters is 1. The molecule has 1 unspecified atom stereocenters. The Balaban J connectivity index is 2.17. The van der Waals surface area contributed by atoms with E-state index >= 15 is 0 Å². The molecule has 0 aromatic rings. The van der Waals surface area contributed by atoms with Crippen molar-refractivity contribution in [3.63, 3.8) is 0 Å². The average molecular weight is 170 g/mol. The van der Waals surface area contributed by atoms with Gasteiger partial charge >= 0.3 is 12.1 Å². The molecule has 2 rings (SSSR count). The summed E-state index contributed by atoms with van der Waals surface area (Å²) in [7, 11) is 1.92. The summed E-state index contributed by atoms with van der Waals surface area (Å²) in [6.07, 6.45) is -0.488. The zero-order valence-corrected chi connectivity index (χ0v) is 6.82. The van der Waals surface area contributed by atoms with Gasteiger partial charge in [0.25, 0.3) is 0 Å². The maximum atomic E-state index is 11.1. The number of likely N-dealkylation sites (N-methyl/N-ethyl adjacent to an activating group) is 1. The van der Waals surface area contributed by atoms with Crippen molar-refractivity contribution in [2.24, 2.45) is 0 Å². The fourth-order valence-electron chi connectivity index (χ4n) is 1.55. The van der Waals surface area contributed by atoms with Crippen LogP contribution in [-0.4, -0.2) is 54.6 Å². The van der Waals surface area contributed by atoms with Gasteiger partial charge in [-0.3, -0.25) is 4.90 Å². The Hall–Kier alpha value is -1.10. The zero-order chi connectivity index (χ0) is 8.72. The van der Waals surface area contributed by atoms with Crippen molar-refractivity contribution < 1.29 is 14.3 Å². The maximum Gasteiger partial charge on any atom is 0.418 e. The number of piperazine rings is 1. The van der Waals surface area contributed by atoms with Gasteiger partial charge in [0, 0.05) is 19.6 Å². The van der Waals surface area contributed by atoms with Crippen molar-refractivity contribution in [3.8, 4) is 0 Å². The van der Waals surface area contributed by atoms with Gasteiger partial charge in [0.1, 0.15) is 6.04 Å². The van der Waals surface area contributed by atoms with E-state index in [9.17, 15) is 9.59 Å². The standard InChI is InChI=1S/C7H10N2O3/c1-8-2-3-9-5(4-8)6(10)12-7(9)11/h5H,2-4H2,1H3. The van der Waals surface area contributed by atoms with Crippen LogP contribution in [0.4, 0.5) is 4.79 Å². The van der Waals surface area contributed by atoms with Crippen LogP contribution in [-0.2, 0) is 9.53 Å². The van der Waals surface area contributed by atoms with E-state index in [4.69, 9.17) is 0 Å². The van der Waals surface area contributed by atoms with Gasteiger partial charge < -0.3 is 9.64 Å². The van der Waals surface area contributed by atoms with Crippen molar-refractivity contribution >= 4 is 12.1 Å². The second-order valence-corrected chi connectivity index (χ2v) is 3.16. The summed E-state index contributed by atoms with van der Waals surface area (Å²) in [5.74, 6) is -0.411. The van der Waals surface area contributed by atoms with Gasteiger partial charge in [0.05, 0.1) is 0 Å². The lowest BCUT2D eigenvalue weighted by atomic mass is 10.2. The molecule has 2 heterocycles. The number of ether oxygens (including phenoxy) is 1. The predicted octanol–water partition coefficient (Wildman–Crippen LogP) is -0.721. The van der Waals surface area contributed by atoms with E-state index in [1.165, 1.54) is 4.90 Å². The first-order valence-electron chi connectivity index (χ1n) is 3.89. The number of rotatable bonds is 0. The van der Waals surface area contributed by atoms with Crippen molar-refractivity contribution in [1.29, 1.82) is 0 Å². The Kier molecular flexibility index (Phi) is 1.54. The summed E-state index contributed by atoms with van der Waals surface area (Å²) in [6, 6.07) is -0.365. The largest absolute Gasteiger partial charge is 0.418 e. The number of cyclic esters (lactones) is 2. The number of hydrogen-bond donors (Lipinski definition) is 0. The molecule has 0 spiro atoms. The van der Waals surface area contributed by atoms with Crippen LogP contribution in [0.15, 0.2) is 0 Å². The molecule has 66 valence electrons. The molecule has 0 N–H and O–H groups in total. The van der Waals surface area contributed by atoms with E-state index in [-0.39, 0.29) is 6.04 Å². The molecule has 0 radical (unpaired) electrons. The molecule has 1 amide bonds. The number of fused-ring (bicyclic) bond motifs is 1. The third-order valence-electron chi connectivity index (χ3n) is 2.28. The number of amides is 1. The molecular weight excluding hydrogens is 160 g/mol. The zero-order valence-electron chi connectivity index (χ0n) is 6.82. The molecule has 2 fully saturated rings. The summed E-state index contributed by atoms with van der Waals surface area (Å²) in [6.45, 7) is 1.98. The summed E-state index contributed by atoms with van der Waals surface area (Å²) >= 11 is 0.